The molecule has 1 rings (SSSR count). The molecule has 2 nitrogen and oxygen atoms in total. The van der Waals surface area contributed by atoms with Crippen LogP contribution in [0.2, 0.25) is 0 Å². The Bertz CT molecular complexity index is 161. The Morgan fingerprint density at radius 2 is 2.18 bits per heavy atom. The molecule has 1 aliphatic carbocycles. The monoisotopic (exact) mass is 156 g/mol. The first-order chi connectivity index (χ1) is 5.03. The van der Waals surface area contributed by atoms with Crippen LogP contribution in [0.3, 0.4) is 0 Å². The first-order valence-corrected chi connectivity index (χ1v) is 4.08. The zero-order chi connectivity index (χ0) is 8.48. The lowest BCUT2D eigenvalue weighted by atomic mass is 9.75. The van der Waals surface area contributed by atoms with Gasteiger partial charge in [-0.2, -0.15) is 0 Å². The third kappa shape index (κ3) is 2.29. The van der Waals surface area contributed by atoms with Gasteiger partial charge in [-0.25, -0.2) is 0 Å². The standard InChI is InChI=1S/C9H16O2/c1-9(2)5-7(10)4-8(6-9)11-3/h8H,4-6H2,1-3H3. The molecular formula is C9H16O2. The molecular weight excluding hydrogens is 140 g/mol. The Morgan fingerprint density at radius 1 is 1.55 bits per heavy atom. The van der Waals surface area contributed by atoms with E-state index in [0.717, 1.165) is 6.42 Å². The number of carbonyl (C=O) groups excluding carboxylic acids is 1. The van der Waals surface area contributed by atoms with E-state index in [4.69, 9.17) is 4.74 Å². The first kappa shape index (κ1) is 8.72. The summed E-state index contributed by atoms with van der Waals surface area (Å²) in [5.74, 6) is 0.341. The number of Topliss-reactive ketones (excluding diaryl/α,β-unsaturated/α-hetero) is 1. The summed E-state index contributed by atoms with van der Waals surface area (Å²) in [5.41, 5.74) is 0.149. The van der Waals surface area contributed by atoms with Crippen LogP contribution < -0.4 is 0 Å². The van der Waals surface area contributed by atoms with E-state index in [1.165, 1.54) is 0 Å². The largest absolute Gasteiger partial charge is 0.381 e. The lowest BCUT2D eigenvalue weighted by Gasteiger charge is -2.33. The quantitative estimate of drug-likeness (QED) is 0.578. The second kappa shape index (κ2) is 2.94. The van der Waals surface area contributed by atoms with Crippen LogP contribution in [-0.2, 0) is 9.53 Å². The minimum Gasteiger partial charge on any atom is -0.381 e. The fourth-order valence-electron chi connectivity index (χ4n) is 1.79. The maximum absolute atomic E-state index is 11.2. The fraction of sp³-hybridized carbons (Fsp3) is 0.889. The normalized spacial score (nSPS) is 30.5. The van der Waals surface area contributed by atoms with Gasteiger partial charge in [0.15, 0.2) is 0 Å². The molecule has 0 N–H and O–H groups in total. The summed E-state index contributed by atoms with van der Waals surface area (Å²) in [6, 6.07) is 0. The van der Waals surface area contributed by atoms with Crippen molar-refractivity contribution in [2.45, 2.75) is 39.2 Å². The van der Waals surface area contributed by atoms with Crippen molar-refractivity contribution in [2.75, 3.05) is 7.11 Å². The maximum Gasteiger partial charge on any atom is 0.136 e. The molecule has 0 amide bonds. The van der Waals surface area contributed by atoms with Gasteiger partial charge in [0.25, 0.3) is 0 Å². The summed E-state index contributed by atoms with van der Waals surface area (Å²) in [7, 11) is 1.68. The van der Waals surface area contributed by atoms with E-state index in [1.807, 2.05) is 0 Å². The van der Waals surface area contributed by atoms with Crippen LogP contribution in [-0.4, -0.2) is 19.0 Å². The van der Waals surface area contributed by atoms with Gasteiger partial charge in [0.1, 0.15) is 5.78 Å². The summed E-state index contributed by atoms with van der Waals surface area (Å²) in [6.45, 7) is 4.24. The molecule has 0 saturated heterocycles. The van der Waals surface area contributed by atoms with Gasteiger partial charge >= 0.3 is 0 Å². The predicted molar refractivity (Wildman–Crippen MR) is 43.4 cm³/mol. The lowest BCUT2D eigenvalue weighted by molar-refractivity contribution is -0.128. The van der Waals surface area contributed by atoms with E-state index in [-0.39, 0.29) is 11.5 Å². The molecule has 1 unspecified atom stereocenters. The van der Waals surface area contributed by atoms with Crippen molar-refractivity contribution in [3.63, 3.8) is 0 Å². The Balaban J connectivity index is 2.58. The van der Waals surface area contributed by atoms with E-state index in [9.17, 15) is 4.79 Å². The van der Waals surface area contributed by atoms with Gasteiger partial charge in [0.05, 0.1) is 6.10 Å². The third-order valence-electron chi connectivity index (χ3n) is 2.24. The molecule has 0 bridgehead atoms. The van der Waals surface area contributed by atoms with Crippen LogP contribution in [0.1, 0.15) is 33.1 Å². The molecule has 0 aromatic rings. The third-order valence-corrected chi connectivity index (χ3v) is 2.24. The summed E-state index contributed by atoms with van der Waals surface area (Å²) < 4.78 is 5.18. The molecule has 0 spiro atoms. The predicted octanol–water partition coefficient (Wildman–Crippen LogP) is 1.78. The molecule has 0 aromatic heterocycles. The fourth-order valence-corrected chi connectivity index (χ4v) is 1.79. The Labute approximate surface area is 67.9 Å². The van der Waals surface area contributed by atoms with Crippen LogP contribution >= 0.6 is 0 Å². The Hall–Kier alpha value is -0.370. The number of hydrogen-bond donors (Lipinski definition) is 0. The van der Waals surface area contributed by atoms with Crippen LogP contribution in [0.25, 0.3) is 0 Å². The number of hydrogen-bond acceptors (Lipinski definition) is 2. The van der Waals surface area contributed by atoms with Gasteiger partial charge in [-0.15, -0.1) is 0 Å². The van der Waals surface area contributed by atoms with Crippen LogP contribution in [0.5, 0.6) is 0 Å². The number of rotatable bonds is 1. The summed E-state index contributed by atoms with van der Waals surface area (Å²) >= 11 is 0. The molecule has 0 radical (unpaired) electrons. The Kier molecular flexibility index (Phi) is 2.33. The topological polar surface area (TPSA) is 26.3 Å². The van der Waals surface area contributed by atoms with E-state index >= 15 is 0 Å². The molecule has 11 heavy (non-hydrogen) atoms. The van der Waals surface area contributed by atoms with E-state index in [0.29, 0.717) is 18.6 Å². The van der Waals surface area contributed by atoms with E-state index in [1.54, 1.807) is 7.11 Å². The van der Waals surface area contributed by atoms with Crippen LogP contribution in [0.15, 0.2) is 0 Å². The molecule has 0 heterocycles. The minimum absolute atomic E-state index is 0.149. The lowest BCUT2D eigenvalue weighted by Crippen LogP contribution is -2.33. The average Bonchev–Trinajstić information content (AvgIpc) is 1.83. The van der Waals surface area contributed by atoms with Crippen molar-refractivity contribution >= 4 is 5.78 Å². The zero-order valence-corrected chi connectivity index (χ0v) is 7.52. The van der Waals surface area contributed by atoms with E-state index in [2.05, 4.69) is 13.8 Å². The highest BCUT2D eigenvalue weighted by Gasteiger charge is 2.32. The number of methoxy groups -OCH3 is 1. The average molecular weight is 156 g/mol. The molecule has 1 atom stereocenters. The van der Waals surface area contributed by atoms with Crippen molar-refractivity contribution in [1.29, 1.82) is 0 Å². The van der Waals surface area contributed by atoms with Crippen molar-refractivity contribution in [2.24, 2.45) is 5.41 Å². The van der Waals surface area contributed by atoms with Gasteiger partial charge in [-0.3, -0.25) is 4.79 Å². The molecule has 1 fully saturated rings. The molecule has 2 heteroatoms. The highest BCUT2D eigenvalue weighted by Crippen LogP contribution is 2.34. The molecule has 1 saturated carbocycles. The molecule has 0 aliphatic heterocycles. The Morgan fingerprint density at radius 3 is 2.64 bits per heavy atom. The highest BCUT2D eigenvalue weighted by atomic mass is 16.5. The maximum atomic E-state index is 11.2. The van der Waals surface area contributed by atoms with Gasteiger partial charge < -0.3 is 4.74 Å². The van der Waals surface area contributed by atoms with Crippen LogP contribution in [0, 0.1) is 5.41 Å². The summed E-state index contributed by atoms with van der Waals surface area (Å²) in [5, 5.41) is 0. The summed E-state index contributed by atoms with van der Waals surface area (Å²) in [6.07, 6.45) is 2.49. The van der Waals surface area contributed by atoms with Gasteiger partial charge in [-0.05, 0) is 11.8 Å². The van der Waals surface area contributed by atoms with E-state index < -0.39 is 0 Å². The van der Waals surface area contributed by atoms with Gasteiger partial charge in [0.2, 0.25) is 0 Å². The van der Waals surface area contributed by atoms with Gasteiger partial charge in [-0.1, -0.05) is 13.8 Å². The zero-order valence-electron chi connectivity index (χ0n) is 7.52. The molecule has 1 aliphatic rings. The van der Waals surface area contributed by atoms with Crippen molar-refractivity contribution in [1.82, 2.24) is 0 Å². The first-order valence-electron chi connectivity index (χ1n) is 4.08. The molecule has 64 valence electrons. The number of carbonyl (C=O) groups is 1. The van der Waals surface area contributed by atoms with Gasteiger partial charge in [0, 0.05) is 20.0 Å². The smallest absolute Gasteiger partial charge is 0.136 e. The molecule has 0 aromatic carbocycles. The number of ether oxygens (including phenoxy) is 1. The SMILES string of the molecule is COC1CC(=O)CC(C)(C)C1. The second-order valence-corrected chi connectivity index (χ2v) is 4.15. The van der Waals surface area contributed by atoms with Crippen LogP contribution in [0.4, 0.5) is 0 Å². The second-order valence-electron chi connectivity index (χ2n) is 4.15. The van der Waals surface area contributed by atoms with Crippen molar-refractivity contribution in [3.05, 3.63) is 0 Å². The minimum atomic E-state index is 0.149. The highest BCUT2D eigenvalue weighted by molar-refractivity contribution is 5.80. The summed E-state index contributed by atoms with van der Waals surface area (Å²) in [4.78, 5) is 11.2. The van der Waals surface area contributed by atoms with Crippen molar-refractivity contribution < 1.29 is 9.53 Å². The van der Waals surface area contributed by atoms with Crippen molar-refractivity contribution in [3.8, 4) is 0 Å². The number of ketones is 1.